The van der Waals surface area contributed by atoms with E-state index >= 15 is 0 Å². The van der Waals surface area contributed by atoms with Crippen molar-refractivity contribution >= 4 is 5.96 Å². The van der Waals surface area contributed by atoms with Gasteiger partial charge in [0.25, 0.3) is 0 Å². The van der Waals surface area contributed by atoms with Crippen LogP contribution in [0, 0.1) is 0 Å². The molecule has 0 unspecified atom stereocenters. The molecule has 0 saturated heterocycles. The second kappa shape index (κ2) is 7.62. The largest absolute Gasteiger partial charge is 0.376 e. The predicted octanol–water partition coefficient (Wildman–Crippen LogP) is 2.18. The Morgan fingerprint density at radius 2 is 1.72 bits per heavy atom. The summed E-state index contributed by atoms with van der Waals surface area (Å²) in [6.07, 6.45) is 12.0. The minimum atomic E-state index is 0.470. The molecule has 0 radical (unpaired) electrons. The molecule has 0 aromatic carbocycles. The highest BCUT2D eigenvalue weighted by atomic mass is 16.5. The zero-order valence-corrected chi connectivity index (χ0v) is 11.4. The second-order valence-corrected chi connectivity index (χ2v) is 5.52. The van der Waals surface area contributed by atoms with Crippen molar-refractivity contribution in [2.24, 2.45) is 10.7 Å². The first-order valence-electron chi connectivity index (χ1n) is 7.52. The molecule has 4 nitrogen and oxygen atoms in total. The summed E-state index contributed by atoms with van der Waals surface area (Å²) >= 11 is 0. The Morgan fingerprint density at radius 3 is 2.44 bits per heavy atom. The van der Waals surface area contributed by atoms with Crippen LogP contribution >= 0.6 is 0 Å². The van der Waals surface area contributed by atoms with Crippen LogP contribution in [0.5, 0.6) is 0 Å². The fraction of sp³-hybridized carbons (Fsp3) is 0.929. The van der Waals surface area contributed by atoms with Crippen LogP contribution in [0.2, 0.25) is 0 Å². The lowest BCUT2D eigenvalue weighted by atomic mass is 9.98. The number of ether oxygens (including phenoxy) is 1. The van der Waals surface area contributed by atoms with Crippen molar-refractivity contribution < 1.29 is 4.74 Å². The van der Waals surface area contributed by atoms with E-state index in [0.717, 1.165) is 0 Å². The molecule has 0 aliphatic heterocycles. The van der Waals surface area contributed by atoms with Crippen molar-refractivity contribution in [2.45, 2.75) is 69.9 Å². The van der Waals surface area contributed by atoms with E-state index < -0.39 is 0 Å². The number of nitrogens with two attached hydrogens (primary N) is 1. The molecule has 2 aliphatic carbocycles. The zero-order valence-electron chi connectivity index (χ0n) is 11.4. The van der Waals surface area contributed by atoms with Gasteiger partial charge in [0.2, 0.25) is 0 Å². The minimum absolute atomic E-state index is 0.470. The van der Waals surface area contributed by atoms with Crippen molar-refractivity contribution in [1.82, 2.24) is 5.32 Å². The standard InChI is InChI=1S/C14H27N3O/c15-14(17-12-6-4-5-7-12)16-10-11-18-13-8-2-1-3-9-13/h12-13H,1-11H2,(H3,15,16,17). The van der Waals surface area contributed by atoms with E-state index in [9.17, 15) is 0 Å². The summed E-state index contributed by atoms with van der Waals surface area (Å²) in [7, 11) is 0. The number of rotatable bonds is 5. The Balaban J connectivity index is 1.55. The van der Waals surface area contributed by atoms with Gasteiger partial charge in [0.15, 0.2) is 5.96 Å². The second-order valence-electron chi connectivity index (χ2n) is 5.52. The summed E-state index contributed by atoms with van der Waals surface area (Å²) in [5, 5.41) is 3.29. The van der Waals surface area contributed by atoms with Gasteiger partial charge in [-0.05, 0) is 25.7 Å². The molecule has 0 amide bonds. The van der Waals surface area contributed by atoms with E-state index in [4.69, 9.17) is 10.5 Å². The van der Waals surface area contributed by atoms with Crippen molar-refractivity contribution in [3.63, 3.8) is 0 Å². The fourth-order valence-electron chi connectivity index (χ4n) is 2.94. The molecule has 2 fully saturated rings. The van der Waals surface area contributed by atoms with Gasteiger partial charge in [-0.15, -0.1) is 0 Å². The minimum Gasteiger partial charge on any atom is -0.376 e. The summed E-state index contributed by atoms with van der Waals surface area (Å²) in [6.45, 7) is 1.39. The summed E-state index contributed by atoms with van der Waals surface area (Å²) in [5.74, 6) is 0.592. The maximum absolute atomic E-state index is 5.86. The lowest BCUT2D eigenvalue weighted by Crippen LogP contribution is -2.38. The molecule has 0 spiro atoms. The van der Waals surface area contributed by atoms with Gasteiger partial charge in [0.1, 0.15) is 0 Å². The molecule has 0 atom stereocenters. The molecule has 0 heterocycles. The molecule has 0 aromatic rings. The van der Waals surface area contributed by atoms with Gasteiger partial charge >= 0.3 is 0 Å². The summed E-state index contributed by atoms with van der Waals surface area (Å²) in [4.78, 5) is 4.33. The third kappa shape index (κ3) is 4.84. The maximum atomic E-state index is 5.86. The fourth-order valence-corrected chi connectivity index (χ4v) is 2.94. The molecule has 18 heavy (non-hydrogen) atoms. The third-order valence-corrected chi connectivity index (χ3v) is 3.99. The Labute approximate surface area is 110 Å². The first kappa shape index (κ1) is 13.7. The maximum Gasteiger partial charge on any atom is 0.188 e. The average Bonchev–Trinajstić information content (AvgIpc) is 2.89. The van der Waals surface area contributed by atoms with Crippen molar-refractivity contribution in [2.75, 3.05) is 13.2 Å². The Hall–Kier alpha value is -0.770. The topological polar surface area (TPSA) is 59.6 Å². The highest BCUT2D eigenvalue weighted by molar-refractivity contribution is 5.78. The van der Waals surface area contributed by atoms with Gasteiger partial charge in [0, 0.05) is 6.04 Å². The van der Waals surface area contributed by atoms with Gasteiger partial charge < -0.3 is 15.8 Å². The smallest absolute Gasteiger partial charge is 0.188 e. The quantitative estimate of drug-likeness (QED) is 0.448. The lowest BCUT2D eigenvalue weighted by Gasteiger charge is -2.21. The van der Waals surface area contributed by atoms with Crippen LogP contribution in [0.1, 0.15) is 57.8 Å². The first-order valence-corrected chi connectivity index (χ1v) is 7.52. The average molecular weight is 253 g/mol. The Morgan fingerprint density at radius 1 is 1.06 bits per heavy atom. The first-order chi connectivity index (χ1) is 8.84. The highest BCUT2D eigenvalue weighted by Gasteiger charge is 2.15. The Bertz CT molecular complexity index is 256. The van der Waals surface area contributed by atoms with Crippen LogP contribution in [0.25, 0.3) is 0 Å². The molecule has 2 rings (SSSR count). The van der Waals surface area contributed by atoms with Crippen LogP contribution in [-0.4, -0.2) is 31.3 Å². The van der Waals surface area contributed by atoms with Crippen LogP contribution in [0.15, 0.2) is 4.99 Å². The molecular formula is C14H27N3O. The summed E-state index contributed by atoms with van der Waals surface area (Å²) in [5.41, 5.74) is 5.86. The molecule has 104 valence electrons. The van der Waals surface area contributed by atoms with Crippen LogP contribution < -0.4 is 11.1 Å². The van der Waals surface area contributed by atoms with E-state index in [2.05, 4.69) is 10.3 Å². The lowest BCUT2D eigenvalue weighted by molar-refractivity contribution is 0.0334. The van der Waals surface area contributed by atoms with Gasteiger partial charge in [-0.25, -0.2) is 0 Å². The number of nitrogens with one attached hydrogen (secondary N) is 1. The molecule has 0 aromatic heterocycles. The number of aliphatic imine (C=N–C) groups is 1. The van der Waals surface area contributed by atoms with Crippen LogP contribution in [-0.2, 0) is 4.74 Å². The van der Waals surface area contributed by atoms with Crippen LogP contribution in [0.3, 0.4) is 0 Å². The van der Waals surface area contributed by atoms with E-state index in [1.165, 1.54) is 57.8 Å². The van der Waals surface area contributed by atoms with Crippen molar-refractivity contribution in [3.05, 3.63) is 0 Å². The summed E-state index contributed by atoms with van der Waals surface area (Å²) in [6, 6.07) is 0.549. The van der Waals surface area contributed by atoms with Crippen molar-refractivity contribution in [1.29, 1.82) is 0 Å². The molecular weight excluding hydrogens is 226 g/mol. The van der Waals surface area contributed by atoms with Crippen molar-refractivity contribution in [3.8, 4) is 0 Å². The highest BCUT2D eigenvalue weighted by Crippen LogP contribution is 2.20. The number of hydrogen-bond acceptors (Lipinski definition) is 2. The monoisotopic (exact) mass is 253 g/mol. The molecule has 2 aliphatic rings. The van der Waals surface area contributed by atoms with E-state index in [0.29, 0.717) is 31.3 Å². The number of hydrogen-bond donors (Lipinski definition) is 2. The molecule has 4 heteroatoms. The molecule has 3 N–H and O–H groups in total. The predicted molar refractivity (Wildman–Crippen MR) is 74.7 cm³/mol. The zero-order chi connectivity index (χ0) is 12.6. The SMILES string of the molecule is NC(=NCCOC1CCCCC1)NC1CCCC1. The molecule has 2 saturated carbocycles. The van der Waals surface area contributed by atoms with Gasteiger partial charge in [-0.3, -0.25) is 4.99 Å². The van der Waals surface area contributed by atoms with Crippen LogP contribution in [0.4, 0.5) is 0 Å². The Kier molecular flexibility index (Phi) is 5.78. The number of guanidine groups is 1. The summed E-state index contributed by atoms with van der Waals surface area (Å²) < 4.78 is 5.81. The van der Waals surface area contributed by atoms with Gasteiger partial charge in [0.05, 0.1) is 19.3 Å². The van der Waals surface area contributed by atoms with E-state index in [-0.39, 0.29) is 0 Å². The van der Waals surface area contributed by atoms with E-state index in [1.807, 2.05) is 0 Å². The van der Waals surface area contributed by atoms with E-state index in [1.54, 1.807) is 0 Å². The normalized spacial score (nSPS) is 23.4. The number of nitrogens with zero attached hydrogens (tertiary/aromatic N) is 1. The van der Waals surface area contributed by atoms with Gasteiger partial charge in [-0.2, -0.15) is 0 Å². The molecule has 0 bridgehead atoms. The van der Waals surface area contributed by atoms with Gasteiger partial charge in [-0.1, -0.05) is 32.1 Å². The third-order valence-electron chi connectivity index (χ3n) is 3.99.